The van der Waals surface area contributed by atoms with Gasteiger partial charge in [-0.2, -0.15) is 0 Å². The number of ketones is 1. The lowest BCUT2D eigenvalue weighted by molar-refractivity contribution is -0.139. The van der Waals surface area contributed by atoms with Gasteiger partial charge in [-0.25, -0.2) is 4.79 Å². The number of methoxy groups -OCH3 is 3. The second kappa shape index (κ2) is 10.1. The lowest BCUT2D eigenvalue weighted by Crippen LogP contribution is -2.33. The van der Waals surface area contributed by atoms with Crippen molar-refractivity contribution in [3.8, 4) is 17.2 Å². The van der Waals surface area contributed by atoms with E-state index in [1.54, 1.807) is 19.1 Å². The summed E-state index contributed by atoms with van der Waals surface area (Å²) < 4.78 is 27.7. The third-order valence-electron chi connectivity index (χ3n) is 6.33. The molecule has 1 aliphatic heterocycles. The summed E-state index contributed by atoms with van der Waals surface area (Å²) in [4.78, 5) is 26.7. The van der Waals surface area contributed by atoms with Gasteiger partial charge in [-0.05, 0) is 36.1 Å². The number of hydrogen-bond donors (Lipinski definition) is 1. The molecule has 0 aromatic heterocycles. The van der Waals surface area contributed by atoms with Crippen LogP contribution in [-0.4, -0.2) is 39.7 Å². The highest BCUT2D eigenvalue weighted by molar-refractivity contribution is 6.03. The van der Waals surface area contributed by atoms with Crippen molar-refractivity contribution < 1.29 is 33.3 Å². The molecule has 0 saturated carbocycles. The Hall–Kier alpha value is -3.94. The number of hydrogen-bond acceptors (Lipinski definition) is 8. The van der Waals surface area contributed by atoms with Crippen LogP contribution in [0.25, 0.3) is 0 Å². The summed E-state index contributed by atoms with van der Waals surface area (Å²) in [5.41, 5.74) is 8.38. The van der Waals surface area contributed by atoms with E-state index in [-0.39, 0.29) is 36.2 Å². The van der Waals surface area contributed by atoms with Crippen molar-refractivity contribution in [2.24, 2.45) is 5.73 Å². The first-order chi connectivity index (χ1) is 16.9. The van der Waals surface area contributed by atoms with Crippen molar-refractivity contribution in [1.82, 2.24) is 0 Å². The first-order valence-corrected chi connectivity index (χ1v) is 11.4. The summed E-state index contributed by atoms with van der Waals surface area (Å²) in [7, 11) is 4.51. The molecule has 8 nitrogen and oxygen atoms in total. The van der Waals surface area contributed by atoms with Gasteiger partial charge in [-0.15, -0.1) is 0 Å². The van der Waals surface area contributed by atoms with Crippen molar-refractivity contribution in [3.63, 3.8) is 0 Å². The minimum Gasteiger partial charge on any atom is -0.493 e. The third kappa shape index (κ3) is 4.43. The van der Waals surface area contributed by atoms with E-state index in [0.717, 1.165) is 5.56 Å². The maximum absolute atomic E-state index is 13.6. The molecule has 35 heavy (non-hydrogen) atoms. The Balaban J connectivity index is 1.88. The van der Waals surface area contributed by atoms with E-state index in [2.05, 4.69) is 0 Å². The molecule has 1 heterocycles. The topological polar surface area (TPSA) is 106 Å². The number of ether oxygens (including phenoxy) is 5. The molecule has 2 aromatic carbocycles. The molecule has 2 aliphatic rings. The molecule has 184 valence electrons. The monoisotopic (exact) mass is 479 g/mol. The van der Waals surface area contributed by atoms with Crippen molar-refractivity contribution in [3.05, 3.63) is 76.4 Å². The number of esters is 1. The second-order valence-corrected chi connectivity index (χ2v) is 8.27. The Kier molecular flexibility index (Phi) is 7.00. The fourth-order valence-electron chi connectivity index (χ4n) is 4.78. The zero-order valence-corrected chi connectivity index (χ0v) is 20.3. The standard InChI is InChI=1S/C27H29NO7/c1-5-34-27(30)24-22(17-13-20(31-2)25(33-4)21(14-17)32-3)23-18(29)11-16(12-19(23)35-26(24)28)15-9-7-6-8-10-15/h6-10,13-14,16,22H,5,11-12,28H2,1-4H3. The average Bonchev–Trinajstić information content (AvgIpc) is 2.87. The lowest BCUT2D eigenvalue weighted by Gasteiger charge is -2.35. The molecule has 4 rings (SSSR count). The number of carbonyl (C=O) groups excluding carboxylic acids is 2. The van der Waals surface area contributed by atoms with E-state index >= 15 is 0 Å². The third-order valence-corrected chi connectivity index (χ3v) is 6.33. The molecule has 8 heteroatoms. The van der Waals surface area contributed by atoms with Crippen LogP contribution in [0, 0.1) is 0 Å². The maximum Gasteiger partial charge on any atom is 0.340 e. The second-order valence-electron chi connectivity index (χ2n) is 8.27. The van der Waals surface area contributed by atoms with Crippen molar-refractivity contribution in [1.29, 1.82) is 0 Å². The van der Waals surface area contributed by atoms with Gasteiger partial charge < -0.3 is 29.4 Å². The van der Waals surface area contributed by atoms with E-state index in [4.69, 9.17) is 29.4 Å². The van der Waals surface area contributed by atoms with E-state index in [0.29, 0.717) is 40.6 Å². The average molecular weight is 480 g/mol. The first kappa shape index (κ1) is 24.2. The van der Waals surface area contributed by atoms with Gasteiger partial charge in [0.2, 0.25) is 11.6 Å². The number of nitrogens with two attached hydrogens (primary N) is 1. The fourth-order valence-corrected chi connectivity index (χ4v) is 4.78. The molecule has 0 amide bonds. The summed E-state index contributed by atoms with van der Waals surface area (Å²) in [6, 6.07) is 13.2. The van der Waals surface area contributed by atoms with Gasteiger partial charge in [0.25, 0.3) is 0 Å². The van der Waals surface area contributed by atoms with E-state index in [1.165, 1.54) is 21.3 Å². The zero-order valence-electron chi connectivity index (χ0n) is 20.3. The van der Waals surface area contributed by atoms with Crippen LogP contribution < -0.4 is 19.9 Å². The summed E-state index contributed by atoms with van der Waals surface area (Å²) >= 11 is 0. The predicted molar refractivity (Wildman–Crippen MR) is 128 cm³/mol. The van der Waals surface area contributed by atoms with Crippen LogP contribution in [-0.2, 0) is 19.1 Å². The Morgan fingerprint density at radius 1 is 1.00 bits per heavy atom. The smallest absolute Gasteiger partial charge is 0.340 e. The number of carbonyl (C=O) groups is 2. The zero-order chi connectivity index (χ0) is 25.1. The SMILES string of the molecule is CCOC(=O)C1=C(N)OC2=C(C(=O)CC(c3ccccc3)C2)C1c1cc(OC)c(OC)c(OC)c1. The van der Waals surface area contributed by atoms with Gasteiger partial charge in [-0.1, -0.05) is 30.3 Å². The van der Waals surface area contributed by atoms with Gasteiger partial charge in [-0.3, -0.25) is 4.79 Å². The quantitative estimate of drug-likeness (QED) is 0.595. The van der Waals surface area contributed by atoms with Crippen LogP contribution in [0.3, 0.4) is 0 Å². The minimum absolute atomic E-state index is 0.0556. The molecule has 2 atom stereocenters. The van der Waals surface area contributed by atoms with Crippen LogP contribution >= 0.6 is 0 Å². The molecule has 2 aromatic rings. The normalized spacial score (nSPS) is 19.6. The highest BCUT2D eigenvalue weighted by Crippen LogP contribution is 2.50. The van der Waals surface area contributed by atoms with Crippen LogP contribution in [0.5, 0.6) is 17.2 Å². The molecule has 0 saturated heterocycles. The predicted octanol–water partition coefficient (Wildman–Crippen LogP) is 3.96. The molecule has 0 bridgehead atoms. The van der Waals surface area contributed by atoms with Crippen molar-refractivity contribution in [2.45, 2.75) is 31.6 Å². The number of allylic oxidation sites excluding steroid dienone is 2. The van der Waals surface area contributed by atoms with Crippen LogP contribution in [0.15, 0.2) is 65.3 Å². The van der Waals surface area contributed by atoms with Gasteiger partial charge in [0.15, 0.2) is 17.3 Å². The Morgan fingerprint density at radius 2 is 1.66 bits per heavy atom. The molecular weight excluding hydrogens is 450 g/mol. The maximum atomic E-state index is 13.6. The Labute approximate surface area is 204 Å². The van der Waals surface area contributed by atoms with Crippen LogP contribution in [0.1, 0.15) is 42.7 Å². The van der Waals surface area contributed by atoms with Gasteiger partial charge in [0.1, 0.15) is 11.3 Å². The summed E-state index contributed by atoms with van der Waals surface area (Å²) in [5.74, 6) is -0.0711. The van der Waals surface area contributed by atoms with E-state index in [9.17, 15) is 9.59 Å². The molecule has 0 fully saturated rings. The minimum atomic E-state index is -0.810. The van der Waals surface area contributed by atoms with Gasteiger partial charge in [0.05, 0.1) is 33.9 Å². The van der Waals surface area contributed by atoms with Crippen molar-refractivity contribution in [2.75, 3.05) is 27.9 Å². The summed E-state index contributed by atoms with van der Waals surface area (Å²) in [6.45, 7) is 1.85. The molecular formula is C27H29NO7. The summed E-state index contributed by atoms with van der Waals surface area (Å²) in [6.07, 6.45) is 0.756. The molecule has 0 radical (unpaired) electrons. The van der Waals surface area contributed by atoms with Gasteiger partial charge in [0, 0.05) is 18.4 Å². The molecule has 2 unspecified atom stereocenters. The van der Waals surface area contributed by atoms with Crippen LogP contribution in [0.2, 0.25) is 0 Å². The highest BCUT2D eigenvalue weighted by atomic mass is 16.5. The first-order valence-electron chi connectivity index (χ1n) is 11.4. The lowest BCUT2D eigenvalue weighted by atomic mass is 9.73. The fraction of sp³-hybridized carbons (Fsp3) is 0.333. The largest absolute Gasteiger partial charge is 0.493 e. The molecule has 0 spiro atoms. The van der Waals surface area contributed by atoms with E-state index < -0.39 is 11.9 Å². The number of rotatable bonds is 7. The highest BCUT2D eigenvalue weighted by Gasteiger charge is 2.44. The van der Waals surface area contributed by atoms with Crippen molar-refractivity contribution >= 4 is 11.8 Å². The molecule has 1 aliphatic carbocycles. The van der Waals surface area contributed by atoms with E-state index in [1.807, 2.05) is 30.3 Å². The van der Waals surface area contributed by atoms with Crippen LogP contribution in [0.4, 0.5) is 0 Å². The van der Waals surface area contributed by atoms with Gasteiger partial charge >= 0.3 is 5.97 Å². The summed E-state index contributed by atoms with van der Waals surface area (Å²) in [5, 5.41) is 0. The number of benzene rings is 2. The Morgan fingerprint density at radius 3 is 2.23 bits per heavy atom. The Bertz CT molecular complexity index is 1170. The molecule has 2 N–H and O–H groups in total. The number of Topliss-reactive ketones (excluding diaryl/α,β-unsaturated/α-hetero) is 1.